The quantitative estimate of drug-likeness (QED) is 0.702. The molecule has 0 bridgehead atoms. The second-order valence-electron chi connectivity index (χ2n) is 3.37. The molecule has 0 unspecified atom stereocenters. The molecule has 0 aromatic carbocycles. The Hall–Kier alpha value is -0.810. The van der Waals surface area contributed by atoms with Gasteiger partial charge in [0.2, 0.25) is 0 Å². The monoisotopic (exact) mass is 200 g/mol. The summed E-state index contributed by atoms with van der Waals surface area (Å²) in [6.07, 6.45) is 0.785. The van der Waals surface area contributed by atoms with E-state index < -0.39 is 9.84 Å². The van der Waals surface area contributed by atoms with Gasteiger partial charge in [0.1, 0.15) is 0 Å². The summed E-state index contributed by atoms with van der Waals surface area (Å²) < 4.78 is 22.3. The van der Waals surface area contributed by atoms with Crippen LogP contribution in [0, 0.1) is 0 Å². The number of nitrogens with two attached hydrogens (primary N) is 1. The van der Waals surface area contributed by atoms with E-state index in [1.165, 1.54) is 0 Å². The maximum atomic E-state index is 11.2. The van der Waals surface area contributed by atoms with Gasteiger partial charge in [-0.2, -0.15) is 0 Å². The molecule has 0 atom stereocenters. The molecule has 2 rings (SSSR count). The van der Waals surface area contributed by atoms with Crippen molar-refractivity contribution in [3.05, 3.63) is 23.0 Å². The third-order valence-corrected chi connectivity index (χ3v) is 3.68. The molecule has 1 aliphatic rings. The second kappa shape index (κ2) is 2.85. The highest BCUT2D eigenvalue weighted by atomic mass is 32.2. The van der Waals surface area contributed by atoms with Gasteiger partial charge in [0.15, 0.2) is 9.84 Å². The first-order chi connectivity index (χ1) is 6.11. The molecule has 0 fully saturated rings. The van der Waals surface area contributed by atoms with Crippen LogP contribution >= 0.6 is 0 Å². The zero-order valence-corrected chi connectivity index (χ0v) is 8.02. The molecule has 1 aromatic rings. The maximum Gasteiger partial charge on any atom is 0.160 e. The Morgan fingerprint density at radius 1 is 1.46 bits per heavy atom. The fourth-order valence-electron chi connectivity index (χ4n) is 1.66. The number of hydrogen-bond acceptors (Lipinski definition) is 3. The number of H-pyrrole nitrogens is 1. The third-order valence-electron chi connectivity index (χ3n) is 2.20. The van der Waals surface area contributed by atoms with Gasteiger partial charge < -0.3 is 10.7 Å². The van der Waals surface area contributed by atoms with E-state index in [0.29, 0.717) is 6.54 Å². The lowest BCUT2D eigenvalue weighted by atomic mass is 10.2. The maximum absolute atomic E-state index is 11.2. The van der Waals surface area contributed by atoms with E-state index in [-0.39, 0.29) is 11.5 Å². The van der Waals surface area contributed by atoms with Crippen molar-refractivity contribution in [2.45, 2.75) is 17.9 Å². The van der Waals surface area contributed by atoms with Gasteiger partial charge in [-0.05, 0) is 24.6 Å². The Morgan fingerprint density at radius 2 is 2.23 bits per heavy atom. The minimum absolute atomic E-state index is 0.160. The second-order valence-corrected chi connectivity index (χ2v) is 5.43. The number of aromatic amines is 1. The molecule has 0 spiro atoms. The van der Waals surface area contributed by atoms with Crippen molar-refractivity contribution in [3.8, 4) is 0 Å². The summed E-state index contributed by atoms with van der Waals surface area (Å²) in [4.78, 5) is 3.09. The van der Waals surface area contributed by atoms with Crippen LogP contribution in [0.5, 0.6) is 0 Å². The first-order valence-corrected chi connectivity index (χ1v) is 6.03. The van der Waals surface area contributed by atoms with Gasteiger partial charge in [-0.25, -0.2) is 8.42 Å². The summed E-state index contributed by atoms with van der Waals surface area (Å²) in [5.74, 6) is 0.344. The van der Waals surface area contributed by atoms with Gasteiger partial charge in [-0.1, -0.05) is 0 Å². The van der Waals surface area contributed by atoms with Crippen LogP contribution < -0.4 is 5.73 Å². The fraction of sp³-hybridized carbons (Fsp3) is 0.500. The summed E-state index contributed by atoms with van der Waals surface area (Å²) in [5.41, 5.74) is 8.21. The SMILES string of the molecule is NCCc1cc2c([nH]1)CS(=O)(=O)C2. The standard InChI is InChI=1S/C8H12N2O2S/c9-2-1-7-3-6-4-13(11,12)5-8(6)10-7/h3,10H,1-2,4-5,9H2. The number of sulfone groups is 1. The number of nitrogens with one attached hydrogen (secondary N) is 1. The first-order valence-electron chi connectivity index (χ1n) is 4.21. The molecule has 2 heterocycles. The number of fused-ring (bicyclic) bond motifs is 1. The minimum Gasteiger partial charge on any atom is -0.361 e. The highest BCUT2D eigenvalue weighted by Gasteiger charge is 2.26. The van der Waals surface area contributed by atoms with Crippen LogP contribution in [0.3, 0.4) is 0 Å². The topological polar surface area (TPSA) is 76.0 Å². The van der Waals surface area contributed by atoms with Gasteiger partial charge >= 0.3 is 0 Å². The van der Waals surface area contributed by atoms with Crippen LogP contribution in [-0.4, -0.2) is 19.9 Å². The molecule has 0 saturated carbocycles. The Bertz CT molecular complexity index is 390. The Morgan fingerprint density at radius 3 is 2.85 bits per heavy atom. The van der Waals surface area contributed by atoms with Crippen LogP contribution in [0.2, 0.25) is 0 Å². The number of hydrogen-bond donors (Lipinski definition) is 2. The third kappa shape index (κ3) is 1.62. The van der Waals surface area contributed by atoms with Crippen LogP contribution in [0.4, 0.5) is 0 Å². The average Bonchev–Trinajstić information content (AvgIpc) is 2.41. The van der Waals surface area contributed by atoms with E-state index in [1.807, 2.05) is 6.07 Å². The van der Waals surface area contributed by atoms with Crippen LogP contribution in [0.15, 0.2) is 6.07 Å². The van der Waals surface area contributed by atoms with Gasteiger partial charge in [0, 0.05) is 11.4 Å². The molecule has 1 aliphatic heterocycles. The summed E-state index contributed by atoms with van der Waals surface area (Å²) >= 11 is 0. The molecular weight excluding hydrogens is 188 g/mol. The largest absolute Gasteiger partial charge is 0.361 e. The molecule has 0 radical (unpaired) electrons. The molecule has 1 aromatic heterocycles. The molecule has 3 N–H and O–H groups in total. The predicted molar refractivity (Wildman–Crippen MR) is 49.9 cm³/mol. The van der Waals surface area contributed by atoms with E-state index in [0.717, 1.165) is 23.4 Å². The predicted octanol–water partition coefficient (Wildman–Crippen LogP) is -0.0557. The van der Waals surface area contributed by atoms with Crippen LogP contribution in [0.25, 0.3) is 0 Å². The van der Waals surface area contributed by atoms with Crippen LogP contribution in [-0.2, 0) is 27.8 Å². The summed E-state index contributed by atoms with van der Waals surface area (Å²) in [5, 5.41) is 0. The van der Waals surface area contributed by atoms with Gasteiger partial charge in [0.25, 0.3) is 0 Å². The van der Waals surface area contributed by atoms with E-state index in [4.69, 9.17) is 5.73 Å². The van der Waals surface area contributed by atoms with Crippen molar-refractivity contribution in [1.29, 1.82) is 0 Å². The van der Waals surface area contributed by atoms with Crippen molar-refractivity contribution in [2.75, 3.05) is 6.54 Å². The smallest absolute Gasteiger partial charge is 0.160 e. The van der Waals surface area contributed by atoms with Crippen molar-refractivity contribution in [1.82, 2.24) is 4.98 Å². The van der Waals surface area contributed by atoms with Gasteiger partial charge in [0.05, 0.1) is 11.5 Å². The van der Waals surface area contributed by atoms with E-state index in [9.17, 15) is 8.42 Å². The molecule has 72 valence electrons. The van der Waals surface area contributed by atoms with E-state index in [2.05, 4.69) is 4.98 Å². The minimum atomic E-state index is -2.86. The van der Waals surface area contributed by atoms with Crippen molar-refractivity contribution in [3.63, 3.8) is 0 Å². The van der Waals surface area contributed by atoms with E-state index in [1.54, 1.807) is 0 Å². The van der Waals surface area contributed by atoms with Gasteiger partial charge in [-0.3, -0.25) is 0 Å². The van der Waals surface area contributed by atoms with Crippen LogP contribution in [0.1, 0.15) is 17.0 Å². The lowest BCUT2D eigenvalue weighted by molar-refractivity contribution is 0.597. The lowest BCUT2D eigenvalue weighted by Gasteiger charge is -1.94. The Balaban J connectivity index is 2.28. The Labute approximate surface area is 77.1 Å². The molecule has 4 nitrogen and oxygen atoms in total. The van der Waals surface area contributed by atoms with Gasteiger partial charge in [-0.15, -0.1) is 0 Å². The normalized spacial score (nSPS) is 18.8. The Kier molecular flexibility index (Phi) is 1.92. The summed E-state index contributed by atoms with van der Waals surface area (Å²) in [7, 11) is -2.86. The van der Waals surface area contributed by atoms with Crippen molar-refractivity contribution >= 4 is 9.84 Å². The molecule has 13 heavy (non-hydrogen) atoms. The molecule has 0 aliphatic carbocycles. The van der Waals surface area contributed by atoms with Crippen molar-refractivity contribution in [2.24, 2.45) is 5.73 Å². The molecule has 0 saturated heterocycles. The van der Waals surface area contributed by atoms with E-state index >= 15 is 0 Å². The van der Waals surface area contributed by atoms with Crippen molar-refractivity contribution < 1.29 is 8.42 Å². The lowest BCUT2D eigenvalue weighted by Crippen LogP contribution is -2.04. The molecule has 5 heteroatoms. The molecule has 0 amide bonds. The highest BCUT2D eigenvalue weighted by molar-refractivity contribution is 7.90. The zero-order valence-electron chi connectivity index (χ0n) is 7.21. The zero-order chi connectivity index (χ0) is 9.47. The summed E-state index contributed by atoms with van der Waals surface area (Å²) in [6, 6.07) is 1.91. The first kappa shape index (κ1) is 8.77. The average molecular weight is 200 g/mol. The molecular formula is C8H12N2O2S. The number of aromatic nitrogens is 1. The number of rotatable bonds is 2. The fourth-order valence-corrected chi connectivity index (χ4v) is 3.19. The summed E-state index contributed by atoms with van der Waals surface area (Å²) in [6.45, 7) is 0.589. The highest BCUT2D eigenvalue weighted by Crippen LogP contribution is 2.25.